The quantitative estimate of drug-likeness (QED) is 0.0459. The van der Waals surface area contributed by atoms with E-state index < -0.39 is 53.6 Å². The molecule has 2 aliphatic carbocycles. The maximum absolute atomic E-state index is 13.5. The molecule has 2 heterocycles. The van der Waals surface area contributed by atoms with Gasteiger partial charge in [0.15, 0.2) is 0 Å². The molecule has 2 unspecified atom stereocenters. The van der Waals surface area contributed by atoms with Gasteiger partial charge in [-0.1, -0.05) is 6.58 Å². The van der Waals surface area contributed by atoms with Gasteiger partial charge < -0.3 is 47.4 Å². The highest BCUT2D eigenvalue weighted by atomic mass is 16.6. The third kappa shape index (κ3) is 14.3. The van der Waals surface area contributed by atoms with Crippen molar-refractivity contribution in [1.82, 2.24) is 0 Å². The second-order valence-electron chi connectivity index (χ2n) is 16.6. The lowest BCUT2D eigenvalue weighted by molar-refractivity contribution is -0.152. The third-order valence-corrected chi connectivity index (χ3v) is 12.0. The first-order chi connectivity index (χ1) is 31.5. The van der Waals surface area contributed by atoms with E-state index in [1.165, 1.54) is 43.5 Å². The number of benzene rings is 2. The van der Waals surface area contributed by atoms with E-state index >= 15 is 0 Å². The number of hydrogen-bond acceptors (Lipinski definition) is 17. The van der Waals surface area contributed by atoms with Crippen LogP contribution in [0.25, 0.3) is 0 Å². The normalized spacial score (nSPS) is 22.7. The van der Waals surface area contributed by atoms with Gasteiger partial charge >= 0.3 is 41.8 Å². The third-order valence-electron chi connectivity index (χ3n) is 12.0. The van der Waals surface area contributed by atoms with Gasteiger partial charge in [-0.2, -0.15) is 0 Å². The number of ether oxygens (including phenoxy) is 10. The number of esters is 7. The van der Waals surface area contributed by atoms with Crippen molar-refractivity contribution < 1.29 is 80.9 Å². The smallest absolute Gasteiger partial charge is 0.342 e. The van der Waals surface area contributed by atoms with Crippen molar-refractivity contribution in [1.29, 1.82) is 0 Å². The first kappa shape index (κ1) is 48.6. The second-order valence-corrected chi connectivity index (χ2v) is 16.6. The summed E-state index contributed by atoms with van der Waals surface area (Å²) in [6.07, 6.45) is 7.96. The molecule has 2 aromatic rings. The Morgan fingerprint density at radius 3 is 1.43 bits per heavy atom. The van der Waals surface area contributed by atoms with Crippen LogP contribution in [0.4, 0.5) is 0 Å². The number of carbonyl (C=O) groups is 7. The molecule has 65 heavy (non-hydrogen) atoms. The maximum Gasteiger partial charge on any atom is 0.342 e. The van der Waals surface area contributed by atoms with E-state index in [2.05, 4.69) is 6.58 Å². The van der Waals surface area contributed by atoms with Crippen LogP contribution in [0.3, 0.4) is 0 Å². The minimum absolute atomic E-state index is 0.00678. The fourth-order valence-corrected chi connectivity index (χ4v) is 8.22. The Morgan fingerprint density at radius 1 is 0.554 bits per heavy atom. The van der Waals surface area contributed by atoms with Crippen molar-refractivity contribution in [3.05, 3.63) is 60.2 Å². The van der Waals surface area contributed by atoms with E-state index in [1.54, 1.807) is 0 Å². The van der Waals surface area contributed by atoms with Crippen LogP contribution in [0, 0.1) is 23.7 Å². The molecular formula is C48H58O17. The molecule has 2 saturated heterocycles. The van der Waals surface area contributed by atoms with Gasteiger partial charge in [0.25, 0.3) is 0 Å². The van der Waals surface area contributed by atoms with Crippen molar-refractivity contribution >= 4 is 41.8 Å². The van der Waals surface area contributed by atoms with Crippen molar-refractivity contribution in [2.45, 2.75) is 102 Å². The summed E-state index contributed by atoms with van der Waals surface area (Å²) in [5, 5.41) is 0. The zero-order valence-corrected chi connectivity index (χ0v) is 36.8. The molecule has 0 bridgehead atoms. The topological polar surface area (TPSA) is 212 Å². The number of methoxy groups -OCH3 is 1. The van der Waals surface area contributed by atoms with Gasteiger partial charge in [0.05, 0.1) is 56.2 Å². The van der Waals surface area contributed by atoms with Gasteiger partial charge in [-0.15, -0.1) is 0 Å². The van der Waals surface area contributed by atoms with Crippen LogP contribution in [-0.2, 0) is 52.4 Å². The molecule has 17 nitrogen and oxygen atoms in total. The molecule has 2 aliphatic heterocycles. The summed E-state index contributed by atoms with van der Waals surface area (Å²) in [6.45, 7) is 5.02. The molecule has 0 N–H and O–H groups in total. The van der Waals surface area contributed by atoms with Crippen LogP contribution in [0.2, 0.25) is 0 Å². The fourth-order valence-electron chi connectivity index (χ4n) is 8.22. The highest BCUT2D eigenvalue weighted by Gasteiger charge is 2.35. The number of unbranched alkanes of at least 4 members (excludes halogenated alkanes) is 1. The van der Waals surface area contributed by atoms with Crippen LogP contribution >= 0.6 is 0 Å². The Hall–Kier alpha value is -5.81. The second kappa shape index (κ2) is 24.5. The zero-order valence-electron chi connectivity index (χ0n) is 36.8. The van der Waals surface area contributed by atoms with E-state index in [0.29, 0.717) is 77.4 Å². The Bertz CT molecular complexity index is 2000. The van der Waals surface area contributed by atoms with E-state index in [9.17, 15) is 33.6 Å². The highest BCUT2D eigenvalue weighted by Crippen LogP contribution is 2.35. The summed E-state index contributed by atoms with van der Waals surface area (Å²) in [5.74, 6) is -5.42. The average molecular weight is 907 g/mol. The monoisotopic (exact) mass is 906 g/mol. The molecule has 4 fully saturated rings. The molecule has 2 atom stereocenters. The summed E-state index contributed by atoms with van der Waals surface area (Å²) >= 11 is 0. The van der Waals surface area contributed by atoms with E-state index in [0.717, 1.165) is 31.8 Å². The minimum atomic E-state index is -0.787. The van der Waals surface area contributed by atoms with E-state index in [-0.39, 0.29) is 84.6 Å². The molecule has 4 aliphatic rings. The Kier molecular flexibility index (Phi) is 18.3. The Labute approximate surface area is 377 Å². The highest BCUT2D eigenvalue weighted by molar-refractivity contribution is 5.95. The lowest BCUT2D eigenvalue weighted by atomic mass is 9.82. The first-order valence-electron chi connectivity index (χ1n) is 22.5. The fraction of sp³-hybridized carbons (Fsp3) is 0.562. The van der Waals surface area contributed by atoms with Crippen LogP contribution in [0.5, 0.6) is 23.0 Å². The average Bonchev–Trinajstić information content (AvgIpc) is 4.07. The molecule has 0 amide bonds. The summed E-state index contributed by atoms with van der Waals surface area (Å²) in [7, 11) is 1.42. The van der Waals surface area contributed by atoms with Crippen LogP contribution in [-0.4, -0.2) is 101 Å². The van der Waals surface area contributed by atoms with Crippen molar-refractivity contribution in [2.75, 3.05) is 46.8 Å². The predicted molar refractivity (Wildman–Crippen MR) is 227 cm³/mol. The Morgan fingerprint density at radius 2 is 0.985 bits per heavy atom. The lowest BCUT2D eigenvalue weighted by Crippen LogP contribution is -2.30. The molecule has 0 spiro atoms. The summed E-state index contributed by atoms with van der Waals surface area (Å²) in [4.78, 5) is 90.2. The van der Waals surface area contributed by atoms with Crippen molar-refractivity contribution in [3.8, 4) is 23.0 Å². The van der Waals surface area contributed by atoms with E-state index in [4.69, 9.17) is 47.4 Å². The summed E-state index contributed by atoms with van der Waals surface area (Å²) in [5.41, 5.74) is 0.00499. The molecule has 0 aromatic heterocycles. The number of carbonyl (C=O) groups excluding carboxylic acids is 7. The van der Waals surface area contributed by atoms with Crippen LogP contribution in [0.1, 0.15) is 111 Å². The summed E-state index contributed by atoms with van der Waals surface area (Å²) in [6, 6.07) is 8.57. The van der Waals surface area contributed by atoms with Gasteiger partial charge in [0.1, 0.15) is 47.3 Å². The zero-order chi connectivity index (χ0) is 46.1. The van der Waals surface area contributed by atoms with Gasteiger partial charge in [-0.3, -0.25) is 19.2 Å². The standard InChI is InChI=1S/C48H58O17/c1-3-42(49)59-22-4-5-23-60-43(50)30-10-12-33(13-11-30)46(53)65-41-21-19-35(27-39(41)48(55)62-29-37-9-7-25-58-37)64-45(52)32-16-14-31(15-17-32)44(51)63-34-18-20-40(56-2)38(26-34)47(54)61-28-36-8-6-24-57-36/h3,18-21,26-27,30-33,36-37H,1,4-17,22-25,28-29H2,2H3. The SMILES string of the molecule is C=CC(=O)OCCCCOC(=O)C1CCC(C(=O)Oc2ccc(OC(=O)C3CCC(C(=O)Oc4ccc(OC)c(C(=O)OCC5CCCO5)c4)CC3)cc2C(=O)OCC2CCCO2)CC1. The van der Waals surface area contributed by atoms with Crippen molar-refractivity contribution in [2.24, 2.45) is 23.7 Å². The predicted octanol–water partition coefficient (Wildman–Crippen LogP) is 6.45. The largest absolute Gasteiger partial charge is 0.496 e. The molecule has 0 radical (unpaired) electrons. The van der Waals surface area contributed by atoms with Gasteiger partial charge in [-0.25, -0.2) is 14.4 Å². The minimum Gasteiger partial charge on any atom is -0.496 e. The number of hydrogen-bond donors (Lipinski definition) is 0. The lowest BCUT2D eigenvalue weighted by Gasteiger charge is -2.26. The first-order valence-corrected chi connectivity index (χ1v) is 22.5. The molecule has 2 saturated carbocycles. The van der Waals surface area contributed by atoms with Gasteiger partial charge in [-0.05, 0) is 126 Å². The van der Waals surface area contributed by atoms with Gasteiger partial charge in [0, 0.05) is 19.3 Å². The molecular weight excluding hydrogens is 849 g/mol. The van der Waals surface area contributed by atoms with Gasteiger partial charge in [0.2, 0.25) is 0 Å². The molecule has 6 rings (SSSR count). The maximum atomic E-state index is 13.5. The summed E-state index contributed by atoms with van der Waals surface area (Å²) < 4.78 is 54.9. The Balaban J connectivity index is 0.993. The van der Waals surface area contributed by atoms with Crippen molar-refractivity contribution in [3.63, 3.8) is 0 Å². The molecule has 17 heteroatoms. The van der Waals surface area contributed by atoms with E-state index in [1.807, 2.05) is 0 Å². The molecule has 352 valence electrons. The van der Waals surface area contributed by atoms with Crippen LogP contribution in [0.15, 0.2) is 49.1 Å². The number of rotatable bonds is 20. The van der Waals surface area contributed by atoms with Crippen LogP contribution < -0.4 is 18.9 Å². The molecule has 2 aromatic carbocycles.